The van der Waals surface area contributed by atoms with E-state index in [1.54, 1.807) is 12.0 Å². The molecule has 6 heteroatoms. The lowest BCUT2D eigenvalue weighted by Crippen LogP contribution is -2.44. The minimum atomic E-state index is -0.557. The van der Waals surface area contributed by atoms with Crippen LogP contribution in [0.15, 0.2) is 18.2 Å². The summed E-state index contributed by atoms with van der Waals surface area (Å²) in [5, 5.41) is 0.346. The van der Waals surface area contributed by atoms with Crippen LogP contribution in [0.25, 0.3) is 0 Å². The number of ether oxygens (including phenoxy) is 2. The molecule has 0 unspecified atom stereocenters. The predicted octanol–water partition coefficient (Wildman–Crippen LogP) is 3.38. The summed E-state index contributed by atoms with van der Waals surface area (Å²) in [6.45, 7) is 4.88. The molecule has 0 saturated carbocycles. The summed E-state index contributed by atoms with van der Waals surface area (Å²) in [6.07, 6.45) is 1.75. The molecule has 0 atom stereocenters. The van der Waals surface area contributed by atoms with Crippen LogP contribution in [0.2, 0.25) is 5.02 Å². The fourth-order valence-electron chi connectivity index (χ4n) is 2.77. The van der Waals surface area contributed by atoms with Gasteiger partial charge in [-0.15, -0.1) is 0 Å². The molecule has 0 radical (unpaired) electrons. The van der Waals surface area contributed by atoms with Crippen molar-refractivity contribution in [3.8, 4) is 0 Å². The summed E-state index contributed by atoms with van der Waals surface area (Å²) < 4.78 is 24.5. The lowest BCUT2D eigenvalue weighted by atomic mass is 9.82. The molecule has 1 amide bonds. The number of nitrogens with zero attached hydrogens (tertiary/aromatic N) is 1. The maximum Gasteiger partial charge on any atom is 0.256 e. The molecule has 0 N–H and O–H groups in total. The molecule has 0 bridgehead atoms. The number of carbonyl (C=O) groups is 1. The Morgan fingerprint density at radius 2 is 2.13 bits per heavy atom. The Balaban J connectivity index is 2.19. The van der Waals surface area contributed by atoms with Crippen molar-refractivity contribution in [3.05, 3.63) is 34.6 Å². The van der Waals surface area contributed by atoms with Crippen LogP contribution < -0.4 is 0 Å². The average molecular weight is 344 g/mol. The van der Waals surface area contributed by atoms with Crippen molar-refractivity contribution in [1.82, 2.24) is 4.90 Å². The van der Waals surface area contributed by atoms with Crippen molar-refractivity contribution in [2.75, 3.05) is 40.0 Å². The monoisotopic (exact) mass is 343 g/mol. The van der Waals surface area contributed by atoms with Gasteiger partial charge in [-0.3, -0.25) is 4.79 Å². The number of rotatable bonds is 6. The molecule has 1 aromatic rings. The molecule has 4 nitrogen and oxygen atoms in total. The molecule has 1 aromatic carbocycles. The third-order valence-corrected chi connectivity index (χ3v) is 4.52. The summed E-state index contributed by atoms with van der Waals surface area (Å²) in [7, 11) is 1.58. The van der Waals surface area contributed by atoms with E-state index in [0.29, 0.717) is 37.9 Å². The first-order valence-corrected chi connectivity index (χ1v) is 8.14. The van der Waals surface area contributed by atoms with Gasteiger partial charge in [0.1, 0.15) is 5.82 Å². The van der Waals surface area contributed by atoms with Crippen molar-refractivity contribution in [3.63, 3.8) is 0 Å². The van der Waals surface area contributed by atoms with E-state index in [9.17, 15) is 9.18 Å². The normalized spacial score (nSPS) is 17.0. The quantitative estimate of drug-likeness (QED) is 0.794. The van der Waals surface area contributed by atoms with Gasteiger partial charge in [-0.1, -0.05) is 18.5 Å². The molecule has 1 saturated heterocycles. The first-order chi connectivity index (χ1) is 10.9. The Kier molecular flexibility index (Phi) is 6.39. The van der Waals surface area contributed by atoms with Crippen LogP contribution in [0, 0.1) is 11.2 Å². The topological polar surface area (TPSA) is 38.8 Å². The van der Waals surface area contributed by atoms with E-state index in [1.165, 1.54) is 18.2 Å². The van der Waals surface area contributed by atoms with E-state index < -0.39 is 5.82 Å². The predicted molar refractivity (Wildman–Crippen MR) is 87.3 cm³/mol. The lowest BCUT2D eigenvalue weighted by Gasteiger charge is -2.38. The Morgan fingerprint density at radius 3 is 2.78 bits per heavy atom. The Hall–Kier alpha value is -1.17. The van der Waals surface area contributed by atoms with Gasteiger partial charge in [0.05, 0.1) is 12.2 Å². The Bertz CT molecular complexity index is 547. The van der Waals surface area contributed by atoms with Crippen LogP contribution in [0.3, 0.4) is 0 Å². The van der Waals surface area contributed by atoms with Crippen molar-refractivity contribution < 1.29 is 18.7 Å². The second-order valence-electron chi connectivity index (χ2n) is 6.27. The van der Waals surface area contributed by atoms with Gasteiger partial charge >= 0.3 is 0 Å². The van der Waals surface area contributed by atoms with Crippen molar-refractivity contribution in [2.45, 2.75) is 19.8 Å². The van der Waals surface area contributed by atoms with Gasteiger partial charge in [-0.25, -0.2) is 4.39 Å². The third-order valence-electron chi connectivity index (χ3n) is 4.28. The second kappa shape index (κ2) is 8.08. The van der Waals surface area contributed by atoms with Gasteiger partial charge in [-0.2, -0.15) is 0 Å². The van der Waals surface area contributed by atoms with Gasteiger partial charge in [0.25, 0.3) is 5.91 Å². The van der Waals surface area contributed by atoms with Crippen LogP contribution >= 0.6 is 11.6 Å². The molecular formula is C17H23ClFNO3. The van der Waals surface area contributed by atoms with Crippen LogP contribution in [-0.2, 0) is 9.47 Å². The lowest BCUT2D eigenvalue weighted by molar-refractivity contribution is 0.00263. The van der Waals surface area contributed by atoms with Gasteiger partial charge < -0.3 is 14.4 Å². The standard InChI is InChI=1S/C17H23ClFNO3/c1-17(5-8-23-9-6-17)12-20(7-10-22-2)16(21)14-11-13(18)3-4-15(14)19/h3-4,11H,5-10,12H2,1-2H3. The summed E-state index contributed by atoms with van der Waals surface area (Å²) in [5.41, 5.74) is -0.0271. The fourth-order valence-corrected chi connectivity index (χ4v) is 2.94. The minimum Gasteiger partial charge on any atom is -0.383 e. The number of benzene rings is 1. The molecule has 23 heavy (non-hydrogen) atoms. The zero-order chi connectivity index (χ0) is 16.9. The number of carbonyl (C=O) groups excluding carboxylic acids is 1. The summed E-state index contributed by atoms with van der Waals surface area (Å²) in [6, 6.07) is 4.04. The highest BCUT2D eigenvalue weighted by atomic mass is 35.5. The Morgan fingerprint density at radius 1 is 1.43 bits per heavy atom. The number of amides is 1. The first-order valence-electron chi connectivity index (χ1n) is 7.76. The van der Waals surface area contributed by atoms with Gasteiger partial charge in [0.2, 0.25) is 0 Å². The molecule has 1 fully saturated rings. The molecule has 0 aliphatic carbocycles. The summed E-state index contributed by atoms with van der Waals surface area (Å²) in [4.78, 5) is 14.4. The minimum absolute atomic E-state index is 0.00395. The molecule has 1 heterocycles. The highest BCUT2D eigenvalue weighted by Crippen LogP contribution is 2.31. The van der Waals surface area contributed by atoms with Crippen molar-refractivity contribution in [2.24, 2.45) is 5.41 Å². The van der Waals surface area contributed by atoms with Crippen LogP contribution in [0.1, 0.15) is 30.1 Å². The van der Waals surface area contributed by atoms with E-state index >= 15 is 0 Å². The highest BCUT2D eigenvalue weighted by Gasteiger charge is 2.32. The number of hydrogen-bond donors (Lipinski definition) is 0. The molecule has 128 valence electrons. The highest BCUT2D eigenvalue weighted by molar-refractivity contribution is 6.31. The zero-order valence-electron chi connectivity index (χ0n) is 13.6. The smallest absolute Gasteiger partial charge is 0.256 e. The maximum atomic E-state index is 14.0. The van der Waals surface area contributed by atoms with Crippen LogP contribution in [0.4, 0.5) is 4.39 Å². The van der Waals surface area contributed by atoms with Crippen LogP contribution in [-0.4, -0.2) is 50.8 Å². The average Bonchev–Trinajstić information content (AvgIpc) is 2.53. The largest absolute Gasteiger partial charge is 0.383 e. The van der Waals surface area contributed by atoms with Crippen molar-refractivity contribution in [1.29, 1.82) is 0 Å². The maximum absolute atomic E-state index is 14.0. The molecule has 0 spiro atoms. The van der Waals surface area contributed by atoms with E-state index in [2.05, 4.69) is 6.92 Å². The van der Waals surface area contributed by atoms with Crippen molar-refractivity contribution >= 4 is 17.5 Å². The summed E-state index contributed by atoms with van der Waals surface area (Å²) >= 11 is 5.91. The molecule has 0 aromatic heterocycles. The Labute approximate surface area is 141 Å². The SMILES string of the molecule is COCCN(CC1(C)CCOCC1)C(=O)c1cc(Cl)ccc1F. The summed E-state index contributed by atoms with van der Waals surface area (Å²) in [5.74, 6) is -0.909. The van der Waals surface area contributed by atoms with Gasteiger partial charge in [0, 0.05) is 38.4 Å². The molecule has 1 aliphatic heterocycles. The molecular weight excluding hydrogens is 321 g/mol. The van der Waals surface area contributed by atoms with E-state index in [0.717, 1.165) is 12.8 Å². The number of halogens is 2. The van der Waals surface area contributed by atoms with Gasteiger partial charge in [-0.05, 0) is 36.5 Å². The molecule has 1 aliphatic rings. The number of hydrogen-bond acceptors (Lipinski definition) is 3. The van der Waals surface area contributed by atoms with E-state index in [1.807, 2.05) is 0 Å². The number of methoxy groups -OCH3 is 1. The van der Waals surface area contributed by atoms with Crippen LogP contribution in [0.5, 0.6) is 0 Å². The van der Waals surface area contributed by atoms with E-state index in [-0.39, 0.29) is 16.9 Å². The van der Waals surface area contributed by atoms with E-state index in [4.69, 9.17) is 21.1 Å². The zero-order valence-corrected chi connectivity index (χ0v) is 14.4. The third kappa shape index (κ3) is 4.90. The second-order valence-corrected chi connectivity index (χ2v) is 6.70. The first kappa shape index (κ1) is 18.2. The fraction of sp³-hybridized carbons (Fsp3) is 0.588. The molecule has 2 rings (SSSR count). The van der Waals surface area contributed by atoms with Gasteiger partial charge in [0.15, 0.2) is 0 Å².